The number of para-hydroxylation sites is 3. The SMILES string of the molecule is COc1ccccc1N[C@H](C)C(=O)NN=Cc1ccccc1OCc1ccccc1. The zero-order valence-electron chi connectivity index (χ0n) is 17.0. The van der Waals surface area contributed by atoms with E-state index in [1.54, 1.807) is 20.2 Å². The summed E-state index contributed by atoms with van der Waals surface area (Å²) < 4.78 is 11.2. The van der Waals surface area contributed by atoms with Gasteiger partial charge in [0.05, 0.1) is 19.0 Å². The van der Waals surface area contributed by atoms with Crippen LogP contribution in [-0.4, -0.2) is 25.3 Å². The average Bonchev–Trinajstić information content (AvgIpc) is 2.79. The Morgan fingerprint density at radius 1 is 0.967 bits per heavy atom. The summed E-state index contributed by atoms with van der Waals surface area (Å²) in [5, 5.41) is 7.21. The monoisotopic (exact) mass is 403 g/mol. The lowest BCUT2D eigenvalue weighted by atomic mass is 10.2. The van der Waals surface area contributed by atoms with Crippen molar-refractivity contribution in [2.45, 2.75) is 19.6 Å². The first kappa shape index (κ1) is 20.9. The number of amides is 1. The maximum absolute atomic E-state index is 12.4. The van der Waals surface area contributed by atoms with Gasteiger partial charge in [-0.15, -0.1) is 0 Å². The minimum absolute atomic E-state index is 0.264. The lowest BCUT2D eigenvalue weighted by Crippen LogP contribution is -2.35. The fraction of sp³-hybridized carbons (Fsp3) is 0.167. The predicted molar refractivity (Wildman–Crippen MR) is 119 cm³/mol. The van der Waals surface area contributed by atoms with Crippen molar-refractivity contribution in [3.63, 3.8) is 0 Å². The molecule has 30 heavy (non-hydrogen) atoms. The second-order valence-corrected chi connectivity index (χ2v) is 6.61. The van der Waals surface area contributed by atoms with Crippen LogP contribution in [0.25, 0.3) is 0 Å². The topological polar surface area (TPSA) is 72.0 Å². The highest BCUT2D eigenvalue weighted by Gasteiger charge is 2.13. The van der Waals surface area contributed by atoms with E-state index < -0.39 is 6.04 Å². The second kappa shape index (κ2) is 10.7. The van der Waals surface area contributed by atoms with Crippen LogP contribution in [0, 0.1) is 0 Å². The highest BCUT2D eigenvalue weighted by atomic mass is 16.5. The van der Waals surface area contributed by atoms with Crippen molar-refractivity contribution in [1.82, 2.24) is 5.43 Å². The molecule has 0 unspecified atom stereocenters. The van der Waals surface area contributed by atoms with Gasteiger partial charge in [-0.05, 0) is 36.8 Å². The van der Waals surface area contributed by atoms with Crippen molar-refractivity contribution in [1.29, 1.82) is 0 Å². The molecule has 6 nitrogen and oxygen atoms in total. The van der Waals surface area contributed by atoms with E-state index in [1.165, 1.54) is 0 Å². The molecule has 154 valence electrons. The minimum atomic E-state index is -0.497. The fourth-order valence-corrected chi connectivity index (χ4v) is 2.78. The van der Waals surface area contributed by atoms with Crippen molar-refractivity contribution >= 4 is 17.8 Å². The summed E-state index contributed by atoms with van der Waals surface area (Å²) in [7, 11) is 1.59. The third kappa shape index (κ3) is 5.85. The molecule has 0 spiro atoms. The van der Waals surface area contributed by atoms with Gasteiger partial charge in [0.25, 0.3) is 5.91 Å². The molecule has 0 bridgehead atoms. The van der Waals surface area contributed by atoms with Crippen molar-refractivity contribution in [2.75, 3.05) is 12.4 Å². The summed E-state index contributed by atoms with van der Waals surface area (Å²) in [6, 6.07) is 24.4. The molecule has 0 aliphatic heterocycles. The predicted octanol–water partition coefficient (Wildman–Crippen LogP) is 4.22. The Bertz CT molecular complexity index is 990. The molecule has 0 aliphatic carbocycles. The van der Waals surface area contributed by atoms with E-state index in [9.17, 15) is 4.79 Å². The van der Waals surface area contributed by atoms with Crippen LogP contribution in [0.1, 0.15) is 18.1 Å². The van der Waals surface area contributed by atoms with Gasteiger partial charge in [-0.2, -0.15) is 5.10 Å². The van der Waals surface area contributed by atoms with Crippen LogP contribution in [0.4, 0.5) is 5.69 Å². The Hall–Kier alpha value is -3.80. The van der Waals surface area contributed by atoms with E-state index in [4.69, 9.17) is 9.47 Å². The number of hydrogen-bond donors (Lipinski definition) is 2. The van der Waals surface area contributed by atoms with Crippen LogP contribution < -0.4 is 20.2 Å². The van der Waals surface area contributed by atoms with Gasteiger partial charge in [-0.3, -0.25) is 4.79 Å². The van der Waals surface area contributed by atoms with Crippen LogP contribution in [0.2, 0.25) is 0 Å². The van der Waals surface area contributed by atoms with Gasteiger partial charge in [0.1, 0.15) is 24.1 Å². The van der Waals surface area contributed by atoms with E-state index in [0.29, 0.717) is 18.1 Å². The van der Waals surface area contributed by atoms with Crippen molar-refractivity contribution in [3.8, 4) is 11.5 Å². The molecule has 0 saturated carbocycles. The Balaban J connectivity index is 1.57. The molecule has 6 heteroatoms. The minimum Gasteiger partial charge on any atom is -0.495 e. The van der Waals surface area contributed by atoms with Gasteiger partial charge in [-0.1, -0.05) is 54.6 Å². The van der Waals surface area contributed by atoms with Crippen molar-refractivity contribution in [3.05, 3.63) is 90.0 Å². The first-order valence-corrected chi connectivity index (χ1v) is 9.65. The van der Waals surface area contributed by atoms with E-state index in [1.807, 2.05) is 78.9 Å². The number of ether oxygens (including phenoxy) is 2. The zero-order chi connectivity index (χ0) is 21.2. The van der Waals surface area contributed by atoms with Gasteiger partial charge < -0.3 is 14.8 Å². The molecular weight excluding hydrogens is 378 g/mol. The number of rotatable bonds is 9. The van der Waals surface area contributed by atoms with Crippen molar-refractivity contribution < 1.29 is 14.3 Å². The highest BCUT2D eigenvalue weighted by Crippen LogP contribution is 2.23. The molecule has 0 fully saturated rings. The summed E-state index contributed by atoms with van der Waals surface area (Å²) in [5.74, 6) is 1.10. The molecule has 3 aromatic carbocycles. The quantitative estimate of drug-likeness (QED) is 0.414. The third-order valence-electron chi connectivity index (χ3n) is 4.41. The Morgan fingerprint density at radius 2 is 1.63 bits per heavy atom. The van der Waals surface area contributed by atoms with E-state index in [0.717, 1.165) is 16.8 Å². The average molecular weight is 403 g/mol. The lowest BCUT2D eigenvalue weighted by molar-refractivity contribution is -0.121. The zero-order valence-corrected chi connectivity index (χ0v) is 17.0. The molecule has 3 rings (SSSR count). The lowest BCUT2D eigenvalue weighted by Gasteiger charge is -2.15. The maximum Gasteiger partial charge on any atom is 0.262 e. The van der Waals surface area contributed by atoms with E-state index in [-0.39, 0.29) is 5.91 Å². The molecule has 0 aromatic heterocycles. The van der Waals surface area contributed by atoms with Gasteiger partial charge in [0.15, 0.2) is 0 Å². The number of benzene rings is 3. The Kier molecular flexibility index (Phi) is 7.44. The van der Waals surface area contributed by atoms with E-state index in [2.05, 4.69) is 15.8 Å². The first-order valence-electron chi connectivity index (χ1n) is 9.65. The van der Waals surface area contributed by atoms with Crippen LogP contribution >= 0.6 is 0 Å². The van der Waals surface area contributed by atoms with Crippen LogP contribution in [0.15, 0.2) is 84.0 Å². The van der Waals surface area contributed by atoms with Gasteiger partial charge in [-0.25, -0.2) is 5.43 Å². The van der Waals surface area contributed by atoms with Crippen LogP contribution in [0.3, 0.4) is 0 Å². The fourth-order valence-electron chi connectivity index (χ4n) is 2.78. The number of hydrazone groups is 1. The molecule has 0 saturated heterocycles. The number of nitrogens with zero attached hydrogens (tertiary/aromatic N) is 1. The van der Waals surface area contributed by atoms with Gasteiger partial charge >= 0.3 is 0 Å². The maximum atomic E-state index is 12.4. The first-order chi connectivity index (χ1) is 14.7. The summed E-state index contributed by atoms with van der Waals surface area (Å²) >= 11 is 0. The molecule has 1 atom stereocenters. The van der Waals surface area contributed by atoms with Gasteiger partial charge in [0.2, 0.25) is 0 Å². The highest BCUT2D eigenvalue weighted by molar-refractivity contribution is 5.88. The second-order valence-electron chi connectivity index (χ2n) is 6.61. The molecule has 0 aliphatic rings. The summed E-state index contributed by atoms with van der Waals surface area (Å²) in [5.41, 5.74) is 5.16. The number of nitrogens with one attached hydrogen (secondary N) is 2. The summed E-state index contributed by atoms with van der Waals surface area (Å²) in [4.78, 5) is 12.4. The number of methoxy groups -OCH3 is 1. The molecular formula is C24H25N3O3. The van der Waals surface area contributed by atoms with E-state index >= 15 is 0 Å². The van der Waals surface area contributed by atoms with Gasteiger partial charge in [0, 0.05) is 5.56 Å². The number of anilines is 1. The number of hydrogen-bond acceptors (Lipinski definition) is 5. The molecule has 0 radical (unpaired) electrons. The molecule has 3 aromatic rings. The van der Waals surface area contributed by atoms with Crippen molar-refractivity contribution in [2.24, 2.45) is 5.10 Å². The summed E-state index contributed by atoms with van der Waals surface area (Å²) in [6.07, 6.45) is 1.58. The Morgan fingerprint density at radius 3 is 2.40 bits per heavy atom. The number of carbonyl (C=O) groups excluding carboxylic acids is 1. The molecule has 0 heterocycles. The standard InChI is InChI=1S/C24H25N3O3/c1-18(26-21-13-7-9-15-23(21)29-2)24(28)27-25-16-20-12-6-8-14-22(20)30-17-19-10-4-3-5-11-19/h3-16,18,26H,17H2,1-2H3,(H,27,28)/t18-/m1/s1. The molecule has 1 amide bonds. The largest absolute Gasteiger partial charge is 0.495 e. The number of carbonyl (C=O) groups is 1. The molecule has 2 N–H and O–H groups in total. The van der Waals surface area contributed by atoms with Crippen LogP contribution in [0.5, 0.6) is 11.5 Å². The normalized spacial score (nSPS) is 11.7. The Labute approximate surface area is 176 Å². The third-order valence-corrected chi connectivity index (χ3v) is 4.41. The van der Waals surface area contributed by atoms with Crippen LogP contribution in [-0.2, 0) is 11.4 Å². The summed E-state index contributed by atoms with van der Waals surface area (Å²) in [6.45, 7) is 2.21. The smallest absolute Gasteiger partial charge is 0.262 e.